The molecule has 22 heavy (non-hydrogen) atoms. The van der Waals surface area contributed by atoms with Crippen LogP contribution in [-0.4, -0.2) is 15.8 Å². The van der Waals surface area contributed by atoms with E-state index < -0.39 is 0 Å². The molecule has 108 valence electrons. The van der Waals surface area contributed by atoms with Crippen LogP contribution in [0, 0.1) is 6.92 Å². The Balaban J connectivity index is 2.29. The summed E-state index contributed by atoms with van der Waals surface area (Å²) < 4.78 is 0. The minimum absolute atomic E-state index is 0.0155. The van der Waals surface area contributed by atoms with E-state index in [1.807, 2.05) is 61.5 Å². The molecule has 3 heteroatoms. The Morgan fingerprint density at radius 3 is 2.36 bits per heavy atom. The van der Waals surface area contributed by atoms with E-state index in [4.69, 9.17) is 0 Å². The number of pyridine rings is 2. The van der Waals surface area contributed by atoms with E-state index in [0.717, 1.165) is 28.2 Å². The van der Waals surface area contributed by atoms with E-state index in [0.29, 0.717) is 5.56 Å². The molecular formula is C19H16N2O. The molecule has 0 aliphatic heterocycles. The van der Waals surface area contributed by atoms with E-state index in [2.05, 4.69) is 9.97 Å². The van der Waals surface area contributed by atoms with Crippen molar-refractivity contribution in [2.24, 2.45) is 0 Å². The van der Waals surface area contributed by atoms with Crippen molar-refractivity contribution in [2.75, 3.05) is 0 Å². The van der Waals surface area contributed by atoms with Crippen molar-refractivity contribution >= 4 is 5.78 Å². The van der Waals surface area contributed by atoms with Gasteiger partial charge in [0.1, 0.15) is 0 Å². The van der Waals surface area contributed by atoms with Gasteiger partial charge in [-0.05, 0) is 32.0 Å². The second kappa shape index (κ2) is 5.90. The molecule has 1 aromatic carbocycles. The number of rotatable bonds is 3. The summed E-state index contributed by atoms with van der Waals surface area (Å²) >= 11 is 0. The zero-order chi connectivity index (χ0) is 15.5. The lowest BCUT2D eigenvalue weighted by Gasteiger charge is -2.12. The highest BCUT2D eigenvalue weighted by molar-refractivity contribution is 5.97. The van der Waals surface area contributed by atoms with Crippen molar-refractivity contribution in [3.05, 3.63) is 72.1 Å². The fraction of sp³-hybridized carbons (Fsp3) is 0.105. The summed E-state index contributed by atoms with van der Waals surface area (Å²) in [6.45, 7) is 3.43. The number of hydrogen-bond donors (Lipinski definition) is 0. The first-order valence-corrected chi connectivity index (χ1v) is 7.16. The summed E-state index contributed by atoms with van der Waals surface area (Å²) in [6.07, 6.45) is 1.75. The van der Waals surface area contributed by atoms with Crippen LogP contribution in [0.5, 0.6) is 0 Å². The first-order valence-electron chi connectivity index (χ1n) is 7.16. The van der Waals surface area contributed by atoms with Crippen molar-refractivity contribution < 1.29 is 4.79 Å². The molecule has 0 saturated heterocycles. The van der Waals surface area contributed by atoms with Gasteiger partial charge in [0.15, 0.2) is 5.78 Å². The molecule has 0 N–H and O–H groups in total. The average Bonchev–Trinajstić information content (AvgIpc) is 2.56. The van der Waals surface area contributed by atoms with Gasteiger partial charge >= 0.3 is 0 Å². The van der Waals surface area contributed by atoms with Crippen molar-refractivity contribution in [1.82, 2.24) is 9.97 Å². The van der Waals surface area contributed by atoms with Gasteiger partial charge < -0.3 is 0 Å². The minimum atomic E-state index is 0.0155. The van der Waals surface area contributed by atoms with Crippen LogP contribution in [0.4, 0.5) is 0 Å². The average molecular weight is 288 g/mol. The van der Waals surface area contributed by atoms with Crippen molar-refractivity contribution in [3.8, 4) is 22.5 Å². The summed E-state index contributed by atoms with van der Waals surface area (Å²) in [4.78, 5) is 20.9. The van der Waals surface area contributed by atoms with Crippen LogP contribution in [0.1, 0.15) is 23.0 Å². The first kappa shape index (κ1) is 14.1. The molecule has 0 fully saturated rings. The van der Waals surface area contributed by atoms with Gasteiger partial charge in [-0.2, -0.15) is 0 Å². The third-order valence-electron chi connectivity index (χ3n) is 3.58. The smallest absolute Gasteiger partial charge is 0.161 e. The lowest BCUT2D eigenvalue weighted by atomic mass is 9.98. The van der Waals surface area contributed by atoms with Gasteiger partial charge in [0.05, 0.1) is 11.4 Å². The number of nitrogens with zero attached hydrogens (tertiary/aromatic N) is 2. The van der Waals surface area contributed by atoms with Crippen LogP contribution in [0.3, 0.4) is 0 Å². The Hall–Kier alpha value is -2.81. The summed E-state index contributed by atoms with van der Waals surface area (Å²) in [5.74, 6) is 0.0155. The fourth-order valence-electron chi connectivity index (χ4n) is 2.50. The Kier molecular flexibility index (Phi) is 3.79. The van der Waals surface area contributed by atoms with E-state index >= 15 is 0 Å². The van der Waals surface area contributed by atoms with Gasteiger partial charge in [0.2, 0.25) is 0 Å². The normalized spacial score (nSPS) is 10.5. The number of carbonyl (C=O) groups excluding carboxylic acids is 1. The maximum atomic E-state index is 11.8. The number of Topliss-reactive ketones (excluding diaryl/α,β-unsaturated/α-hetero) is 1. The molecule has 3 aromatic rings. The van der Waals surface area contributed by atoms with Crippen molar-refractivity contribution in [2.45, 2.75) is 13.8 Å². The molecule has 0 spiro atoms. The third-order valence-corrected chi connectivity index (χ3v) is 3.58. The topological polar surface area (TPSA) is 42.9 Å². The molecule has 3 nitrogen and oxygen atoms in total. The van der Waals surface area contributed by atoms with Crippen molar-refractivity contribution in [1.29, 1.82) is 0 Å². The Morgan fingerprint density at radius 2 is 1.73 bits per heavy atom. The number of aromatic nitrogens is 2. The largest absolute Gasteiger partial charge is 0.294 e. The van der Waals surface area contributed by atoms with Gasteiger partial charge in [-0.25, -0.2) is 0 Å². The van der Waals surface area contributed by atoms with Crippen LogP contribution in [0.25, 0.3) is 22.5 Å². The summed E-state index contributed by atoms with van der Waals surface area (Å²) in [5.41, 5.74) is 4.94. The number of aryl methyl sites for hydroxylation is 1. The van der Waals surface area contributed by atoms with Crippen LogP contribution < -0.4 is 0 Å². The van der Waals surface area contributed by atoms with Crippen LogP contribution in [-0.2, 0) is 0 Å². The molecular weight excluding hydrogens is 272 g/mol. The summed E-state index contributed by atoms with van der Waals surface area (Å²) in [7, 11) is 0. The van der Waals surface area contributed by atoms with E-state index in [-0.39, 0.29) is 5.78 Å². The van der Waals surface area contributed by atoms with E-state index in [9.17, 15) is 4.79 Å². The maximum Gasteiger partial charge on any atom is 0.161 e. The Bertz CT molecular complexity index is 812. The first-order chi connectivity index (χ1) is 10.7. The fourth-order valence-corrected chi connectivity index (χ4v) is 2.50. The molecule has 0 radical (unpaired) electrons. The number of carbonyl (C=O) groups is 1. The predicted molar refractivity (Wildman–Crippen MR) is 87.6 cm³/mol. The Morgan fingerprint density at radius 1 is 1.00 bits per heavy atom. The van der Waals surface area contributed by atoms with Gasteiger partial charge in [-0.15, -0.1) is 0 Å². The molecule has 0 saturated carbocycles. The van der Waals surface area contributed by atoms with Crippen LogP contribution >= 0.6 is 0 Å². The highest BCUT2D eigenvalue weighted by atomic mass is 16.1. The second-order valence-corrected chi connectivity index (χ2v) is 5.15. The predicted octanol–water partition coefficient (Wildman–Crippen LogP) is 4.32. The van der Waals surface area contributed by atoms with Gasteiger partial charge in [-0.3, -0.25) is 14.8 Å². The molecule has 0 aliphatic rings. The number of benzene rings is 1. The lowest BCUT2D eigenvalue weighted by Crippen LogP contribution is -2.02. The zero-order valence-electron chi connectivity index (χ0n) is 12.6. The quantitative estimate of drug-likeness (QED) is 0.674. The molecule has 3 rings (SSSR count). The van der Waals surface area contributed by atoms with Gasteiger partial charge in [0, 0.05) is 28.6 Å². The lowest BCUT2D eigenvalue weighted by molar-refractivity contribution is 0.101. The van der Waals surface area contributed by atoms with Gasteiger partial charge in [-0.1, -0.05) is 36.4 Å². The molecule has 2 aromatic heterocycles. The van der Waals surface area contributed by atoms with Crippen LogP contribution in [0.15, 0.2) is 60.8 Å². The molecule has 0 amide bonds. The molecule has 0 bridgehead atoms. The highest BCUT2D eigenvalue weighted by Crippen LogP contribution is 2.31. The molecule has 0 unspecified atom stereocenters. The summed E-state index contributed by atoms with van der Waals surface area (Å²) in [6, 6.07) is 17.6. The monoisotopic (exact) mass is 288 g/mol. The van der Waals surface area contributed by atoms with Gasteiger partial charge in [0.25, 0.3) is 0 Å². The summed E-state index contributed by atoms with van der Waals surface area (Å²) in [5, 5.41) is 0. The van der Waals surface area contributed by atoms with Crippen molar-refractivity contribution in [3.63, 3.8) is 0 Å². The zero-order valence-corrected chi connectivity index (χ0v) is 12.6. The SMILES string of the molecule is CC(=O)c1cc(-c2ccccn2)c(-c2ccccc2)nc1C. The van der Waals surface area contributed by atoms with Crippen LogP contribution in [0.2, 0.25) is 0 Å². The van der Waals surface area contributed by atoms with E-state index in [1.165, 1.54) is 0 Å². The molecule has 2 heterocycles. The Labute approximate surface area is 129 Å². The van der Waals surface area contributed by atoms with E-state index in [1.54, 1.807) is 13.1 Å². The molecule has 0 aliphatic carbocycles. The molecule has 0 atom stereocenters. The minimum Gasteiger partial charge on any atom is -0.294 e. The second-order valence-electron chi connectivity index (χ2n) is 5.15. The highest BCUT2D eigenvalue weighted by Gasteiger charge is 2.15. The maximum absolute atomic E-state index is 11.8. The number of hydrogen-bond acceptors (Lipinski definition) is 3. The third kappa shape index (κ3) is 2.66. The standard InChI is InChI=1S/C19H16N2O/c1-13-16(14(2)22)12-17(18-10-6-7-11-20-18)19(21-13)15-8-4-3-5-9-15/h3-12H,1-2H3. The number of ketones is 1.